The molecule has 10 heteroatoms. The molecule has 3 heterocycles. The third-order valence-corrected chi connectivity index (χ3v) is 4.25. The molecule has 1 amide bonds. The second kappa shape index (κ2) is 5.71. The Labute approximate surface area is 138 Å². The molecule has 114 valence electrons. The standard InChI is InChI=1S/C12H9Cl2N5O2S/c1-5-3-7(19(2)18-5)10(20)15-12-17-16-11(21-12)6-4-8(13)22-9(6)14/h3-4H,1-2H3,(H,15,17,20). The quantitative estimate of drug-likeness (QED) is 0.776. The molecule has 0 aliphatic heterocycles. The molecule has 3 rings (SSSR count). The Kier molecular flexibility index (Phi) is 3.90. The van der Waals surface area contributed by atoms with Crippen molar-refractivity contribution >= 4 is 46.5 Å². The number of rotatable bonds is 3. The van der Waals surface area contributed by atoms with Gasteiger partial charge < -0.3 is 4.42 Å². The number of hydrogen-bond donors (Lipinski definition) is 1. The van der Waals surface area contributed by atoms with Crippen LogP contribution in [0.4, 0.5) is 6.01 Å². The molecular formula is C12H9Cl2N5O2S. The van der Waals surface area contributed by atoms with Crippen LogP contribution in [0.1, 0.15) is 16.2 Å². The Balaban J connectivity index is 1.81. The summed E-state index contributed by atoms with van der Waals surface area (Å²) in [5, 5.41) is 14.2. The molecular weight excluding hydrogens is 349 g/mol. The van der Waals surface area contributed by atoms with Crippen LogP contribution in [0.25, 0.3) is 11.5 Å². The van der Waals surface area contributed by atoms with Crippen LogP contribution in [0.15, 0.2) is 16.5 Å². The van der Waals surface area contributed by atoms with E-state index in [0.717, 1.165) is 5.69 Å². The average Bonchev–Trinajstić information content (AvgIpc) is 3.10. The van der Waals surface area contributed by atoms with Gasteiger partial charge in [-0.05, 0) is 19.1 Å². The van der Waals surface area contributed by atoms with E-state index in [4.69, 9.17) is 27.6 Å². The third kappa shape index (κ3) is 2.85. The molecule has 0 radical (unpaired) electrons. The molecule has 7 nitrogen and oxygen atoms in total. The van der Waals surface area contributed by atoms with Crippen LogP contribution in [0, 0.1) is 6.92 Å². The summed E-state index contributed by atoms with van der Waals surface area (Å²) in [4.78, 5) is 12.1. The Bertz CT molecular complexity index is 854. The van der Waals surface area contributed by atoms with Crippen LogP contribution in [-0.4, -0.2) is 25.9 Å². The molecule has 0 unspecified atom stereocenters. The van der Waals surface area contributed by atoms with E-state index in [0.29, 0.717) is 19.9 Å². The first-order valence-corrected chi connectivity index (χ1v) is 7.62. The zero-order valence-corrected chi connectivity index (χ0v) is 13.8. The van der Waals surface area contributed by atoms with Gasteiger partial charge >= 0.3 is 6.01 Å². The molecule has 3 aromatic rings. The summed E-state index contributed by atoms with van der Waals surface area (Å²) in [7, 11) is 1.67. The van der Waals surface area contributed by atoms with E-state index in [1.807, 2.05) is 0 Å². The topological polar surface area (TPSA) is 85.8 Å². The van der Waals surface area contributed by atoms with Gasteiger partial charge in [-0.1, -0.05) is 28.3 Å². The fraction of sp³-hybridized carbons (Fsp3) is 0.167. The number of nitrogens with zero attached hydrogens (tertiary/aromatic N) is 4. The Hall–Kier alpha value is -1.90. The molecule has 0 spiro atoms. The van der Waals surface area contributed by atoms with Gasteiger partial charge in [0.05, 0.1) is 15.6 Å². The van der Waals surface area contributed by atoms with Crippen molar-refractivity contribution in [2.75, 3.05) is 5.32 Å². The Morgan fingerprint density at radius 1 is 1.36 bits per heavy atom. The SMILES string of the molecule is Cc1cc(C(=O)Nc2nnc(-c3cc(Cl)sc3Cl)o2)n(C)n1. The van der Waals surface area contributed by atoms with Crippen molar-refractivity contribution in [1.29, 1.82) is 0 Å². The van der Waals surface area contributed by atoms with Crippen molar-refractivity contribution in [2.45, 2.75) is 6.92 Å². The maximum absolute atomic E-state index is 12.1. The van der Waals surface area contributed by atoms with E-state index in [1.165, 1.54) is 16.0 Å². The highest BCUT2D eigenvalue weighted by Crippen LogP contribution is 2.37. The lowest BCUT2D eigenvalue weighted by atomic mass is 10.3. The summed E-state index contributed by atoms with van der Waals surface area (Å²) in [5.41, 5.74) is 1.65. The van der Waals surface area contributed by atoms with Gasteiger partial charge in [0, 0.05) is 7.05 Å². The molecule has 3 aromatic heterocycles. The minimum atomic E-state index is -0.396. The van der Waals surface area contributed by atoms with Crippen LogP contribution < -0.4 is 5.32 Å². The van der Waals surface area contributed by atoms with E-state index < -0.39 is 5.91 Å². The first kappa shape index (κ1) is 15.0. The number of hydrogen-bond acceptors (Lipinski definition) is 6. The van der Waals surface area contributed by atoms with Crippen LogP contribution in [0.3, 0.4) is 0 Å². The second-order valence-corrected chi connectivity index (χ2v) is 6.68. The molecule has 0 aromatic carbocycles. The molecule has 0 saturated heterocycles. The van der Waals surface area contributed by atoms with Crippen LogP contribution in [0.2, 0.25) is 8.67 Å². The number of anilines is 1. The minimum Gasteiger partial charge on any atom is -0.403 e. The third-order valence-electron chi connectivity index (χ3n) is 2.77. The number of carbonyl (C=O) groups excluding carboxylic acids is 1. The first-order valence-electron chi connectivity index (χ1n) is 6.04. The number of nitrogens with one attached hydrogen (secondary N) is 1. The largest absolute Gasteiger partial charge is 0.403 e. The van der Waals surface area contributed by atoms with Gasteiger partial charge in [0.2, 0.25) is 0 Å². The zero-order chi connectivity index (χ0) is 15.9. The minimum absolute atomic E-state index is 0.0303. The number of aryl methyl sites for hydroxylation is 2. The summed E-state index contributed by atoms with van der Waals surface area (Å²) < 4.78 is 7.80. The average molecular weight is 358 g/mol. The Morgan fingerprint density at radius 2 is 2.14 bits per heavy atom. The summed E-state index contributed by atoms with van der Waals surface area (Å²) in [6.45, 7) is 1.80. The summed E-state index contributed by atoms with van der Waals surface area (Å²) in [6, 6.07) is 3.25. The molecule has 1 N–H and O–H groups in total. The van der Waals surface area contributed by atoms with Crippen molar-refractivity contribution in [2.24, 2.45) is 7.05 Å². The van der Waals surface area contributed by atoms with Gasteiger partial charge in [0.1, 0.15) is 10.0 Å². The van der Waals surface area contributed by atoms with Crippen LogP contribution >= 0.6 is 34.5 Å². The van der Waals surface area contributed by atoms with Gasteiger partial charge in [-0.2, -0.15) is 5.10 Å². The zero-order valence-electron chi connectivity index (χ0n) is 11.4. The van der Waals surface area contributed by atoms with E-state index >= 15 is 0 Å². The monoisotopic (exact) mass is 357 g/mol. The van der Waals surface area contributed by atoms with Crippen molar-refractivity contribution < 1.29 is 9.21 Å². The van der Waals surface area contributed by atoms with Crippen molar-refractivity contribution in [3.63, 3.8) is 0 Å². The van der Waals surface area contributed by atoms with Gasteiger partial charge in [-0.25, -0.2) is 0 Å². The predicted molar refractivity (Wildman–Crippen MR) is 83.5 cm³/mol. The van der Waals surface area contributed by atoms with Crippen molar-refractivity contribution in [1.82, 2.24) is 20.0 Å². The van der Waals surface area contributed by atoms with Gasteiger partial charge in [0.25, 0.3) is 11.8 Å². The van der Waals surface area contributed by atoms with E-state index in [9.17, 15) is 4.79 Å². The first-order chi connectivity index (χ1) is 10.4. The smallest absolute Gasteiger partial charge is 0.322 e. The van der Waals surface area contributed by atoms with Crippen molar-refractivity contribution in [3.05, 3.63) is 32.2 Å². The fourth-order valence-electron chi connectivity index (χ4n) is 1.85. The molecule has 0 saturated carbocycles. The van der Waals surface area contributed by atoms with Gasteiger partial charge in [0.15, 0.2) is 0 Å². The summed E-state index contributed by atoms with van der Waals surface area (Å²) >= 11 is 13.1. The number of aromatic nitrogens is 4. The molecule has 22 heavy (non-hydrogen) atoms. The van der Waals surface area contributed by atoms with E-state index in [-0.39, 0.29) is 11.9 Å². The Morgan fingerprint density at radius 3 is 2.73 bits per heavy atom. The van der Waals surface area contributed by atoms with Crippen LogP contribution in [0.5, 0.6) is 0 Å². The highest BCUT2D eigenvalue weighted by atomic mass is 35.5. The van der Waals surface area contributed by atoms with Gasteiger partial charge in [-0.15, -0.1) is 16.4 Å². The molecule has 0 fully saturated rings. The fourth-order valence-corrected chi connectivity index (χ4v) is 3.30. The maximum atomic E-state index is 12.1. The number of carbonyl (C=O) groups is 1. The van der Waals surface area contributed by atoms with E-state index in [2.05, 4.69) is 20.6 Å². The molecule has 0 aliphatic rings. The lowest BCUT2D eigenvalue weighted by Crippen LogP contribution is -2.16. The lowest BCUT2D eigenvalue weighted by molar-refractivity contribution is 0.101. The van der Waals surface area contributed by atoms with Gasteiger partial charge in [-0.3, -0.25) is 14.8 Å². The summed E-state index contributed by atoms with van der Waals surface area (Å²) in [6.07, 6.45) is 0. The highest BCUT2D eigenvalue weighted by molar-refractivity contribution is 7.20. The summed E-state index contributed by atoms with van der Waals surface area (Å²) in [5.74, 6) is -0.211. The lowest BCUT2D eigenvalue weighted by Gasteiger charge is -1.99. The number of thiophene rings is 1. The maximum Gasteiger partial charge on any atom is 0.322 e. The van der Waals surface area contributed by atoms with E-state index in [1.54, 1.807) is 26.1 Å². The molecule has 0 atom stereocenters. The molecule has 0 bridgehead atoms. The number of amides is 1. The second-order valence-electron chi connectivity index (χ2n) is 4.40. The number of halogens is 2. The highest BCUT2D eigenvalue weighted by Gasteiger charge is 2.18. The normalized spacial score (nSPS) is 10.9. The van der Waals surface area contributed by atoms with Crippen molar-refractivity contribution in [3.8, 4) is 11.5 Å². The van der Waals surface area contributed by atoms with Crippen LogP contribution in [-0.2, 0) is 7.05 Å². The molecule has 0 aliphatic carbocycles. The predicted octanol–water partition coefficient (Wildman–Crippen LogP) is 3.40.